The van der Waals surface area contributed by atoms with E-state index in [4.69, 9.17) is 20.9 Å². The van der Waals surface area contributed by atoms with Gasteiger partial charge in [0.1, 0.15) is 5.88 Å². The van der Waals surface area contributed by atoms with Gasteiger partial charge in [-0.15, -0.1) is 11.6 Å². The number of hydrogen-bond donors (Lipinski definition) is 0. The fourth-order valence-corrected chi connectivity index (χ4v) is 1.07. The van der Waals surface area contributed by atoms with Gasteiger partial charge in [0.25, 0.3) is 0 Å². The van der Waals surface area contributed by atoms with Crippen molar-refractivity contribution in [2.75, 3.05) is 13.2 Å². The normalized spacial score (nSPS) is 10.7. The Labute approximate surface area is 88.6 Å². The van der Waals surface area contributed by atoms with Crippen molar-refractivity contribution < 1.29 is 9.26 Å². The van der Waals surface area contributed by atoms with Gasteiger partial charge in [-0.3, -0.25) is 0 Å². The summed E-state index contributed by atoms with van der Waals surface area (Å²) in [7, 11) is 0. The van der Waals surface area contributed by atoms with Crippen LogP contribution in [-0.4, -0.2) is 23.4 Å². The Morgan fingerprint density at radius 2 is 2.29 bits per heavy atom. The Bertz CT molecular complexity index is 253. The number of rotatable bonds is 7. The summed E-state index contributed by atoms with van der Waals surface area (Å²) in [5.74, 6) is 1.40. The van der Waals surface area contributed by atoms with E-state index < -0.39 is 0 Å². The number of halogens is 1. The molecule has 0 atom stereocenters. The minimum absolute atomic E-state index is 0.268. The second kappa shape index (κ2) is 6.79. The van der Waals surface area contributed by atoms with Crippen LogP contribution in [0.2, 0.25) is 0 Å². The molecule has 0 fully saturated rings. The summed E-state index contributed by atoms with van der Waals surface area (Å²) in [6.07, 6.45) is 2.93. The monoisotopic (exact) mass is 218 g/mol. The molecule has 0 unspecified atom stereocenters. The van der Waals surface area contributed by atoms with Crippen LogP contribution in [0.25, 0.3) is 0 Å². The second-order valence-corrected chi connectivity index (χ2v) is 3.22. The molecule has 0 radical (unpaired) electrons. The molecule has 1 aromatic rings. The predicted octanol–water partition coefficient (Wildman–Crippen LogP) is 2.17. The zero-order valence-electron chi connectivity index (χ0n) is 8.33. The van der Waals surface area contributed by atoms with Crippen molar-refractivity contribution in [2.45, 2.75) is 32.1 Å². The Morgan fingerprint density at radius 1 is 1.43 bits per heavy atom. The third-order valence-electron chi connectivity index (χ3n) is 1.74. The largest absolute Gasteiger partial charge is 0.381 e. The number of hydrogen-bond acceptors (Lipinski definition) is 4. The van der Waals surface area contributed by atoms with Crippen LogP contribution in [0.5, 0.6) is 0 Å². The average molecular weight is 219 g/mol. The summed E-state index contributed by atoms with van der Waals surface area (Å²) < 4.78 is 10.2. The molecule has 1 aromatic heterocycles. The lowest BCUT2D eigenvalue weighted by Crippen LogP contribution is -2.01. The van der Waals surface area contributed by atoms with Crippen LogP contribution in [-0.2, 0) is 17.0 Å². The summed E-state index contributed by atoms with van der Waals surface area (Å²) in [5, 5.41) is 3.75. The SMILES string of the molecule is CCCCOCCc1noc(CCl)n1. The van der Waals surface area contributed by atoms with E-state index in [1.165, 1.54) is 0 Å². The Morgan fingerprint density at radius 3 is 2.93 bits per heavy atom. The molecule has 0 aromatic carbocycles. The smallest absolute Gasteiger partial charge is 0.241 e. The molecular weight excluding hydrogens is 204 g/mol. The standard InChI is InChI=1S/C9H15ClN2O2/c1-2-3-5-13-6-4-8-11-9(7-10)14-12-8/h2-7H2,1H3. The first-order valence-electron chi connectivity index (χ1n) is 4.82. The van der Waals surface area contributed by atoms with Gasteiger partial charge in [-0.05, 0) is 6.42 Å². The summed E-state index contributed by atoms with van der Waals surface area (Å²) in [6, 6.07) is 0. The summed E-state index contributed by atoms with van der Waals surface area (Å²) in [6.45, 7) is 3.58. The Balaban J connectivity index is 2.12. The molecule has 0 aliphatic heterocycles. The van der Waals surface area contributed by atoms with Crippen LogP contribution in [0.3, 0.4) is 0 Å². The summed E-state index contributed by atoms with van der Waals surface area (Å²) in [5.41, 5.74) is 0. The Hall–Kier alpha value is -0.610. The third kappa shape index (κ3) is 4.07. The van der Waals surface area contributed by atoms with Crippen LogP contribution in [0, 0.1) is 0 Å². The van der Waals surface area contributed by atoms with Crippen molar-refractivity contribution in [3.05, 3.63) is 11.7 Å². The molecule has 80 valence electrons. The summed E-state index contributed by atoms with van der Waals surface area (Å²) >= 11 is 5.52. The van der Waals surface area contributed by atoms with E-state index >= 15 is 0 Å². The van der Waals surface area contributed by atoms with Crippen molar-refractivity contribution in [3.63, 3.8) is 0 Å². The van der Waals surface area contributed by atoms with Gasteiger partial charge in [-0.25, -0.2) is 0 Å². The van der Waals surface area contributed by atoms with E-state index in [0.29, 0.717) is 24.7 Å². The highest BCUT2D eigenvalue weighted by molar-refractivity contribution is 6.16. The molecule has 5 heteroatoms. The number of ether oxygens (including phenoxy) is 1. The van der Waals surface area contributed by atoms with E-state index in [0.717, 1.165) is 19.4 Å². The maximum atomic E-state index is 5.52. The zero-order valence-corrected chi connectivity index (χ0v) is 9.09. The minimum atomic E-state index is 0.268. The van der Waals surface area contributed by atoms with E-state index in [9.17, 15) is 0 Å². The molecule has 14 heavy (non-hydrogen) atoms. The first kappa shape index (κ1) is 11.5. The van der Waals surface area contributed by atoms with E-state index in [1.54, 1.807) is 0 Å². The van der Waals surface area contributed by atoms with E-state index in [2.05, 4.69) is 17.1 Å². The lowest BCUT2D eigenvalue weighted by molar-refractivity contribution is 0.132. The zero-order chi connectivity index (χ0) is 10.2. The number of nitrogens with zero attached hydrogens (tertiary/aromatic N) is 2. The van der Waals surface area contributed by atoms with Crippen LogP contribution in [0.4, 0.5) is 0 Å². The number of alkyl halides is 1. The van der Waals surface area contributed by atoms with Crippen molar-refractivity contribution in [2.24, 2.45) is 0 Å². The van der Waals surface area contributed by atoms with Crippen molar-refractivity contribution in [1.29, 1.82) is 0 Å². The molecule has 1 rings (SSSR count). The fourth-order valence-electron chi connectivity index (χ4n) is 0.958. The lowest BCUT2D eigenvalue weighted by Gasteiger charge is -1.99. The molecule has 1 heterocycles. The highest BCUT2D eigenvalue weighted by atomic mass is 35.5. The first-order valence-corrected chi connectivity index (χ1v) is 5.35. The van der Waals surface area contributed by atoms with Gasteiger partial charge >= 0.3 is 0 Å². The summed E-state index contributed by atoms with van der Waals surface area (Å²) in [4.78, 5) is 4.06. The van der Waals surface area contributed by atoms with Crippen LogP contribution in [0.1, 0.15) is 31.5 Å². The van der Waals surface area contributed by atoms with Crippen LogP contribution >= 0.6 is 11.6 Å². The van der Waals surface area contributed by atoms with Crippen molar-refractivity contribution in [3.8, 4) is 0 Å². The van der Waals surface area contributed by atoms with Gasteiger partial charge in [0.2, 0.25) is 5.89 Å². The maximum absolute atomic E-state index is 5.52. The van der Waals surface area contributed by atoms with Gasteiger partial charge in [-0.2, -0.15) is 4.98 Å². The van der Waals surface area contributed by atoms with E-state index in [-0.39, 0.29) is 5.88 Å². The fraction of sp³-hybridized carbons (Fsp3) is 0.778. The lowest BCUT2D eigenvalue weighted by atomic mass is 10.3. The average Bonchev–Trinajstić information content (AvgIpc) is 2.65. The molecule has 0 saturated heterocycles. The Kier molecular flexibility index (Phi) is 5.56. The number of aromatic nitrogens is 2. The highest BCUT2D eigenvalue weighted by Crippen LogP contribution is 2.01. The van der Waals surface area contributed by atoms with Crippen LogP contribution < -0.4 is 0 Å². The predicted molar refractivity (Wildman–Crippen MR) is 53.3 cm³/mol. The van der Waals surface area contributed by atoms with Crippen molar-refractivity contribution >= 4 is 11.6 Å². The number of unbranched alkanes of at least 4 members (excludes halogenated alkanes) is 1. The third-order valence-corrected chi connectivity index (χ3v) is 1.97. The van der Waals surface area contributed by atoms with Gasteiger partial charge in [0, 0.05) is 13.0 Å². The molecule has 0 spiro atoms. The second-order valence-electron chi connectivity index (χ2n) is 2.95. The van der Waals surface area contributed by atoms with Gasteiger partial charge in [-0.1, -0.05) is 18.5 Å². The van der Waals surface area contributed by atoms with Crippen molar-refractivity contribution in [1.82, 2.24) is 10.1 Å². The highest BCUT2D eigenvalue weighted by Gasteiger charge is 2.03. The van der Waals surface area contributed by atoms with Crippen LogP contribution in [0.15, 0.2) is 4.52 Å². The molecule has 4 nitrogen and oxygen atoms in total. The molecule has 0 N–H and O–H groups in total. The molecule has 0 amide bonds. The topological polar surface area (TPSA) is 48.2 Å². The molecule has 0 aliphatic carbocycles. The molecular formula is C9H15ClN2O2. The maximum Gasteiger partial charge on any atom is 0.241 e. The minimum Gasteiger partial charge on any atom is -0.381 e. The molecule has 0 aliphatic rings. The van der Waals surface area contributed by atoms with Gasteiger partial charge < -0.3 is 9.26 Å². The molecule has 0 saturated carbocycles. The molecule has 0 bridgehead atoms. The van der Waals surface area contributed by atoms with Gasteiger partial charge in [0.15, 0.2) is 5.82 Å². The first-order chi connectivity index (χ1) is 6.86. The van der Waals surface area contributed by atoms with E-state index in [1.807, 2.05) is 0 Å². The quantitative estimate of drug-likeness (QED) is 0.520. The van der Waals surface area contributed by atoms with Gasteiger partial charge in [0.05, 0.1) is 6.61 Å².